The smallest absolute Gasteiger partial charge is 0.0822 e. The van der Waals surface area contributed by atoms with Gasteiger partial charge in [0.1, 0.15) is 0 Å². The molecule has 2 aromatic rings. The molecule has 66 valence electrons. The third-order valence-electron chi connectivity index (χ3n) is 1.84. The molecule has 0 atom stereocenters. The molecule has 0 bridgehead atoms. The van der Waals surface area contributed by atoms with Gasteiger partial charge in [0.05, 0.1) is 28.0 Å². The molecule has 0 saturated carbocycles. The van der Waals surface area contributed by atoms with E-state index in [2.05, 4.69) is 9.97 Å². The van der Waals surface area contributed by atoms with Crippen molar-refractivity contribution in [2.45, 2.75) is 6.92 Å². The summed E-state index contributed by atoms with van der Waals surface area (Å²) < 4.78 is 0. The van der Waals surface area contributed by atoms with E-state index in [9.17, 15) is 0 Å². The monoisotopic (exact) mass is 191 g/mol. The maximum Gasteiger partial charge on any atom is 0.0822 e. The fourth-order valence-corrected chi connectivity index (χ4v) is 1.63. The second-order valence-corrected chi connectivity index (χ2v) is 3.68. The zero-order chi connectivity index (χ0) is 9.26. The third kappa shape index (κ3) is 1.53. The lowest BCUT2D eigenvalue weighted by atomic mass is 10.2. The number of aryl methyl sites for hydroxylation is 1. The van der Waals surface area contributed by atoms with Crippen LogP contribution in [0.15, 0.2) is 24.0 Å². The van der Waals surface area contributed by atoms with E-state index < -0.39 is 0 Å². The van der Waals surface area contributed by atoms with Crippen molar-refractivity contribution < 1.29 is 0 Å². The highest BCUT2D eigenvalue weighted by atomic mass is 32.1. The molecule has 2 aromatic heterocycles. The van der Waals surface area contributed by atoms with Gasteiger partial charge < -0.3 is 5.73 Å². The zero-order valence-corrected chi connectivity index (χ0v) is 8.01. The minimum Gasteiger partial charge on any atom is -0.397 e. The molecule has 0 spiro atoms. The summed E-state index contributed by atoms with van der Waals surface area (Å²) in [4.78, 5) is 9.30. The molecule has 0 aromatic carbocycles. The van der Waals surface area contributed by atoms with Gasteiger partial charge in [-0.3, -0.25) is 9.97 Å². The number of hydrogen-bond donors (Lipinski definition) is 1. The van der Waals surface area contributed by atoms with Crippen LogP contribution in [0.25, 0.3) is 10.6 Å². The summed E-state index contributed by atoms with van der Waals surface area (Å²) >= 11 is 1.58. The average molecular weight is 191 g/mol. The molecule has 0 radical (unpaired) electrons. The third-order valence-corrected chi connectivity index (χ3v) is 2.63. The topological polar surface area (TPSA) is 51.8 Å². The molecule has 0 aliphatic rings. The Morgan fingerprint density at radius 2 is 2.23 bits per heavy atom. The maximum absolute atomic E-state index is 5.67. The Morgan fingerprint density at radius 1 is 1.38 bits per heavy atom. The molecule has 13 heavy (non-hydrogen) atoms. The summed E-state index contributed by atoms with van der Waals surface area (Å²) in [7, 11) is 0. The number of hydrogen-bond acceptors (Lipinski definition) is 4. The number of pyridine rings is 1. The van der Waals surface area contributed by atoms with E-state index in [1.807, 2.05) is 19.2 Å². The first-order valence-corrected chi connectivity index (χ1v) is 4.76. The molecule has 0 fully saturated rings. The van der Waals surface area contributed by atoms with Gasteiger partial charge in [-0.15, -0.1) is 11.3 Å². The predicted molar refractivity (Wildman–Crippen MR) is 54.5 cm³/mol. The van der Waals surface area contributed by atoms with Crippen LogP contribution >= 0.6 is 11.3 Å². The number of aromatic nitrogens is 2. The fourth-order valence-electron chi connectivity index (χ4n) is 1.04. The van der Waals surface area contributed by atoms with Crippen molar-refractivity contribution in [1.29, 1.82) is 0 Å². The van der Waals surface area contributed by atoms with Crippen LogP contribution in [0.2, 0.25) is 0 Å². The number of rotatable bonds is 1. The second kappa shape index (κ2) is 3.14. The number of nitrogens with two attached hydrogens (primary N) is 1. The zero-order valence-electron chi connectivity index (χ0n) is 7.19. The van der Waals surface area contributed by atoms with Gasteiger partial charge in [0.25, 0.3) is 0 Å². The molecule has 4 heteroatoms. The van der Waals surface area contributed by atoms with E-state index in [0.717, 1.165) is 21.8 Å². The minimum atomic E-state index is 0.730. The van der Waals surface area contributed by atoms with Gasteiger partial charge in [-0.1, -0.05) is 0 Å². The quantitative estimate of drug-likeness (QED) is 0.751. The lowest BCUT2D eigenvalue weighted by Crippen LogP contribution is -1.91. The summed E-state index contributed by atoms with van der Waals surface area (Å²) in [6.07, 6.45) is 3.49. The molecular weight excluding hydrogens is 182 g/mol. The van der Waals surface area contributed by atoms with Crippen LogP contribution < -0.4 is 5.73 Å². The van der Waals surface area contributed by atoms with E-state index in [1.54, 1.807) is 23.0 Å². The molecule has 0 amide bonds. The van der Waals surface area contributed by atoms with E-state index in [1.165, 1.54) is 0 Å². The molecule has 3 nitrogen and oxygen atoms in total. The molecule has 2 rings (SSSR count). The second-order valence-electron chi connectivity index (χ2n) is 2.79. The van der Waals surface area contributed by atoms with E-state index in [0.29, 0.717) is 0 Å². The van der Waals surface area contributed by atoms with Crippen LogP contribution in [0.1, 0.15) is 5.56 Å². The molecule has 0 saturated heterocycles. The standard InChI is InChI=1S/C9H9N3S/c1-6-2-8(12-3-7(6)10)9-4-11-5-13-9/h2-5H,10H2,1H3. The highest BCUT2D eigenvalue weighted by Crippen LogP contribution is 2.23. The van der Waals surface area contributed by atoms with Crippen molar-refractivity contribution in [2.24, 2.45) is 0 Å². The largest absolute Gasteiger partial charge is 0.397 e. The van der Waals surface area contributed by atoms with Crippen molar-refractivity contribution in [2.75, 3.05) is 5.73 Å². The van der Waals surface area contributed by atoms with Crippen LogP contribution in [-0.4, -0.2) is 9.97 Å². The van der Waals surface area contributed by atoms with Gasteiger partial charge in [0.2, 0.25) is 0 Å². The number of nitrogens with zero attached hydrogens (tertiary/aromatic N) is 2. The minimum absolute atomic E-state index is 0.730. The van der Waals surface area contributed by atoms with E-state index >= 15 is 0 Å². The lowest BCUT2D eigenvalue weighted by molar-refractivity contribution is 1.29. The summed E-state index contributed by atoms with van der Waals surface area (Å²) in [6, 6.07) is 1.98. The number of nitrogen functional groups attached to an aromatic ring is 1. The van der Waals surface area contributed by atoms with Gasteiger partial charge in [0, 0.05) is 6.20 Å². The van der Waals surface area contributed by atoms with Gasteiger partial charge >= 0.3 is 0 Å². The molecule has 0 aliphatic carbocycles. The average Bonchev–Trinajstić information content (AvgIpc) is 2.62. The fraction of sp³-hybridized carbons (Fsp3) is 0.111. The molecule has 0 aliphatic heterocycles. The predicted octanol–water partition coefficient (Wildman–Crippen LogP) is 2.10. The maximum atomic E-state index is 5.67. The highest BCUT2D eigenvalue weighted by molar-refractivity contribution is 7.13. The first-order chi connectivity index (χ1) is 6.27. The molecular formula is C9H9N3S. The van der Waals surface area contributed by atoms with Crippen LogP contribution in [0.5, 0.6) is 0 Å². The van der Waals surface area contributed by atoms with Gasteiger partial charge in [0.15, 0.2) is 0 Å². The van der Waals surface area contributed by atoms with Crippen LogP contribution in [0, 0.1) is 6.92 Å². The van der Waals surface area contributed by atoms with Crippen molar-refractivity contribution in [3.8, 4) is 10.6 Å². The Kier molecular flexibility index (Phi) is 1.98. The lowest BCUT2D eigenvalue weighted by Gasteiger charge is -2.00. The van der Waals surface area contributed by atoms with Gasteiger partial charge in [-0.2, -0.15) is 0 Å². The SMILES string of the molecule is Cc1cc(-c2cncs2)ncc1N. The Hall–Kier alpha value is -1.42. The first kappa shape index (κ1) is 8.19. The van der Waals surface area contributed by atoms with Crippen LogP contribution in [-0.2, 0) is 0 Å². The Morgan fingerprint density at radius 3 is 2.85 bits per heavy atom. The Bertz CT molecular complexity index is 409. The molecule has 2 N–H and O–H groups in total. The number of thiazole rings is 1. The van der Waals surface area contributed by atoms with Crippen LogP contribution in [0.3, 0.4) is 0 Å². The van der Waals surface area contributed by atoms with E-state index in [4.69, 9.17) is 5.73 Å². The first-order valence-electron chi connectivity index (χ1n) is 3.88. The van der Waals surface area contributed by atoms with Crippen molar-refractivity contribution >= 4 is 17.0 Å². The van der Waals surface area contributed by atoms with Gasteiger partial charge in [-0.05, 0) is 18.6 Å². The van der Waals surface area contributed by atoms with E-state index in [-0.39, 0.29) is 0 Å². The van der Waals surface area contributed by atoms with Crippen molar-refractivity contribution in [3.05, 3.63) is 29.5 Å². The Labute approximate surface area is 80.3 Å². The molecule has 0 unspecified atom stereocenters. The Balaban J connectivity index is 2.49. The van der Waals surface area contributed by atoms with Crippen LogP contribution in [0.4, 0.5) is 5.69 Å². The van der Waals surface area contributed by atoms with Crippen molar-refractivity contribution in [3.63, 3.8) is 0 Å². The molecule has 2 heterocycles. The normalized spacial score (nSPS) is 10.2. The summed E-state index contributed by atoms with van der Waals surface area (Å²) in [5.74, 6) is 0. The number of anilines is 1. The highest BCUT2D eigenvalue weighted by Gasteiger charge is 2.02. The summed E-state index contributed by atoms with van der Waals surface area (Å²) in [5.41, 5.74) is 10.2. The summed E-state index contributed by atoms with van der Waals surface area (Å²) in [6.45, 7) is 1.97. The summed E-state index contributed by atoms with van der Waals surface area (Å²) in [5, 5.41) is 0. The van der Waals surface area contributed by atoms with Gasteiger partial charge in [-0.25, -0.2) is 0 Å². The van der Waals surface area contributed by atoms with Crippen molar-refractivity contribution in [1.82, 2.24) is 9.97 Å².